The maximum atomic E-state index is 6.33. The summed E-state index contributed by atoms with van der Waals surface area (Å²) < 4.78 is 17.2. The number of benzene rings is 1. The van der Waals surface area contributed by atoms with Crippen molar-refractivity contribution in [3.63, 3.8) is 0 Å². The Hall–Kier alpha value is -1.68. The predicted molar refractivity (Wildman–Crippen MR) is 83.8 cm³/mol. The fourth-order valence-electron chi connectivity index (χ4n) is 4.98. The fourth-order valence-corrected chi connectivity index (χ4v) is 4.98. The first kappa shape index (κ1) is 12.8. The third kappa shape index (κ3) is 1.56. The van der Waals surface area contributed by atoms with Gasteiger partial charge in [0.25, 0.3) is 0 Å². The highest BCUT2D eigenvalue weighted by atomic mass is 16.5. The molecule has 2 fully saturated rings. The summed E-state index contributed by atoms with van der Waals surface area (Å²) in [4.78, 5) is 2.68. The van der Waals surface area contributed by atoms with E-state index in [0.717, 1.165) is 36.0 Å². The molecule has 0 radical (unpaired) electrons. The largest absolute Gasteiger partial charge is 0.493 e. The van der Waals surface area contributed by atoms with Gasteiger partial charge in [-0.1, -0.05) is 0 Å². The molecule has 0 N–H and O–H groups in total. The molecule has 4 nitrogen and oxygen atoms in total. The second kappa shape index (κ2) is 4.42. The molecule has 1 aromatic carbocycles. The smallest absolute Gasteiger partial charge is 0.164 e. The lowest BCUT2D eigenvalue weighted by Crippen LogP contribution is -2.36. The number of fused-ring (bicyclic) bond motifs is 5. The highest BCUT2D eigenvalue weighted by Crippen LogP contribution is 2.51. The van der Waals surface area contributed by atoms with Gasteiger partial charge in [-0.05, 0) is 31.2 Å². The first-order valence-electron chi connectivity index (χ1n) is 8.20. The van der Waals surface area contributed by atoms with E-state index in [1.165, 1.54) is 36.1 Å². The molecule has 2 aromatic rings. The first-order chi connectivity index (χ1) is 10.8. The van der Waals surface area contributed by atoms with Gasteiger partial charge >= 0.3 is 0 Å². The lowest BCUT2D eigenvalue weighted by Gasteiger charge is -2.29. The average Bonchev–Trinajstić information content (AvgIpc) is 3.21. The van der Waals surface area contributed by atoms with Crippen LogP contribution >= 0.6 is 0 Å². The summed E-state index contributed by atoms with van der Waals surface area (Å²) in [6.07, 6.45) is 3.73. The molecule has 22 heavy (non-hydrogen) atoms. The van der Waals surface area contributed by atoms with Crippen LogP contribution in [0.3, 0.4) is 0 Å². The Morgan fingerprint density at radius 1 is 1.14 bits per heavy atom. The van der Waals surface area contributed by atoms with Crippen LogP contribution in [-0.2, 0) is 6.42 Å². The summed E-state index contributed by atoms with van der Waals surface area (Å²) in [6, 6.07) is 4.77. The number of furan rings is 1. The molecule has 1 aliphatic carbocycles. The zero-order valence-electron chi connectivity index (χ0n) is 13.1. The van der Waals surface area contributed by atoms with Crippen LogP contribution in [0.5, 0.6) is 11.5 Å². The van der Waals surface area contributed by atoms with E-state index in [1.807, 2.05) is 6.07 Å². The lowest BCUT2D eigenvalue weighted by atomic mass is 9.94. The maximum Gasteiger partial charge on any atom is 0.164 e. The summed E-state index contributed by atoms with van der Waals surface area (Å²) in [5.41, 5.74) is 2.34. The van der Waals surface area contributed by atoms with E-state index in [2.05, 4.69) is 11.0 Å². The number of methoxy groups -OCH3 is 2. The summed E-state index contributed by atoms with van der Waals surface area (Å²) in [6.45, 7) is 2.45. The zero-order valence-corrected chi connectivity index (χ0v) is 13.1. The van der Waals surface area contributed by atoms with Crippen molar-refractivity contribution in [3.05, 3.63) is 23.5 Å². The molecule has 0 spiro atoms. The Labute approximate surface area is 130 Å². The monoisotopic (exact) mass is 299 g/mol. The minimum absolute atomic E-state index is 0.584. The number of hydrogen-bond acceptors (Lipinski definition) is 4. The summed E-state index contributed by atoms with van der Waals surface area (Å²) in [5.74, 6) is 4.22. The number of rotatable bonds is 2. The van der Waals surface area contributed by atoms with Crippen molar-refractivity contribution in [3.8, 4) is 11.5 Å². The molecule has 5 rings (SSSR count). The third-order valence-corrected chi connectivity index (χ3v) is 5.90. The van der Waals surface area contributed by atoms with E-state index < -0.39 is 0 Å². The van der Waals surface area contributed by atoms with E-state index in [4.69, 9.17) is 13.9 Å². The van der Waals surface area contributed by atoms with Crippen molar-refractivity contribution in [2.75, 3.05) is 27.3 Å². The molecule has 3 aliphatic rings. The zero-order chi connectivity index (χ0) is 14.8. The van der Waals surface area contributed by atoms with Gasteiger partial charge < -0.3 is 13.9 Å². The van der Waals surface area contributed by atoms with E-state index in [9.17, 15) is 0 Å². The van der Waals surface area contributed by atoms with Gasteiger partial charge in [-0.15, -0.1) is 0 Å². The minimum Gasteiger partial charge on any atom is -0.493 e. The van der Waals surface area contributed by atoms with E-state index in [-0.39, 0.29) is 0 Å². The van der Waals surface area contributed by atoms with Gasteiger partial charge in [0.15, 0.2) is 11.5 Å². The molecule has 116 valence electrons. The van der Waals surface area contributed by atoms with Crippen molar-refractivity contribution in [1.82, 2.24) is 4.90 Å². The molecule has 1 saturated carbocycles. The fraction of sp³-hybridized carbons (Fsp3) is 0.556. The molecule has 3 heterocycles. The quantitative estimate of drug-likeness (QED) is 0.853. The number of hydrogen-bond donors (Lipinski definition) is 0. The molecular formula is C18H21NO3. The van der Waals surface area contributed by atoms with Gasteiger partial charge in [0.1, 0.15) is 11.3 Å². The average molecular weight is 299 g/mol. The third-order valence-electron chi connectivity index (χ3n) is 5.90. The van der Waals surface area contributed by atoms with Gasteiger partial charge in [0.2, 0.25) is 0 Å². The molecular weight excluding hydrogens is 278 g/mol. The van der Waals surface area contributed by atoms with Crippen molar-refractivity contribution < 1.29 is 13.9 Å². The lowest BCUT2D eigenvalue weighted by molar-refractivity contribution is 0.194. The van der Waals surface area contributed by atoms with Gasteiger partial charge in [-0.25, -0.2) is 0 Å². The molecule has 1 unspecified atom stereocenters. The number of piperidine rings is 1. The van der Waals surface area contributed by atoms with Crippen LogP contribution in [0, 0.1) is 5.92 Å². The Balaban J connectivity index is 1.71. The van der Waals surface area contributed by atoms with Crippen LogP contribution in [0.15, 0.2) is 16.5 Å². The molecule has 0 amide bonds. The molecule has 4 heteroatoms. The van der Waals surface area contributed by atoms with Gasteiger partial charge in [0, 0.05) is 42.1 Å². The Morgan fingerprint density at radius 3 is 2.73 bits per heavy atom. The maximum absolute atomic E-state index is 6.33. The summed E-state index contributed by atoms with van der Waals surface area (Å²) in [5, 5.41) is 1.21. The Kier molecular flexibility index (Phi) is 2.57. The molecule has 3 atom stereocenters. The minimum atomic E-state index is 0.584. The van der Waals surface area contributed by atoms with Crippen LogP contribution in [0.4, 0.5) is 0 Å². The first-order valence-corrected chi connectivity index (χ1v) is 8.20. The van der Waals surface area contributed by atoms with Gasteiger partial charge in [0.05, 0.1) is 14.2 Å². The standard InChI is InChI=1S/C18H21NO3/c1-20-16-7-12-11-3-4-19-9-10-5-13(14(19)6-10)18(11)22-15(12)8-17(16)21-2/h7-8,10,13-14H,3-6,9H2,1-2H3/t10-,13-,14?/m1/s1. The van der Waals surface area contributed by atoms with Crippen LogP contribution < -0.4 is 9.47 Å². The predicted octanol–water partition coefficient (Wildman–Crippen LogP) is 3.18. The molecule has 1 saturated heterocycles. The van der Waals surface area contributed by atoms with Gasteiger partial charge in [-0.2, -0.15) is 0 Å². The number of ether oxygens (including phenoxy) is 2. The molecule has 2 aliphatic heterocycles. The van der Waals surface area contributed by atoms with E-state index in [0.29, 0.717) is 12.0 Å². The Bertz CT molecular complexity index is 750. The van der Waals surface area contributed by atoms with Gasteiger partial charge in [-0.3, -0.25) is 4.90 Å². The van der Waals surface area contributed by atoms with E-state index >= 15 is 0 Å². The van der Waals surface area contributed by atoms with Crippen LogP contribution in [-0.4, -0.2) is 38.3 Å². The van der Waals surface area contributed by atoms with Crippen LogP contribution in [0.25, 0.3) is 11.0 Å². The molecule has 2 bridgehead atoms. The normalized spacial score (nSPS) is 29.6. The highest BCUT2D eigenvalue weighted by molar-refractivity contribution is 5.86. The van der Waals surface area contributed by atoms with Crippen molar-refractivity contribution in [2.45, 2.75) is 31.2 Å². The molecule has 1 aromatic heterocycles. The summed E-state index contributed by atoms with van der Waals surface area (Å²) >= 11 is 0. The summed E-state index contributed by atoms with van der Waals surface area (Å²) in [7, 11) is 3.36. The number of nitrogens with zero attached hydrogens (tertiary/aromatic N) is 1. The Morgan fingerprint density at radius 2 is 1.95 bits per heavy atom. The topological polar surface area (TPSA) is 34.8 Å². The van der Waals surface area contributed by atoms with E-state index in [1.54, 1.807) is 14.2 Å². The SMILES string of the molecule is COc1cc2oc3c(c2cc1OC)CCN1C[C@H]2CC1[C@H]3C2. The van der Waals surface area contributed by atoms with Crippen molar-refractivity contribution >= 4 is 11.0 Å². The van der Waals surface area contributed by atoms with Crippen molar-refractivity contribution in [2.24, 2.45) is 5.92 Å². The van der Waals surface area contributed by atoms with Crippen LogP contribution in [0.1, 0.15) is 30.1 Å². The highest BCUT2D eigenvalue weighted by Gasteiger charge is 2.48. The second-order valence-electron chi connectivity index (χ2n) is 6.90. The second-order valence-corrected chi connectivity index (χ2v) is 6.90. The van der Waals surface area contributed by atoms with Crippen LogP contribution in [0.2, 0.25) is 0 Å². The van der Waals surface area contributed by atoms with Crippen molar-refractivity contribution in [1.29, 1.82) is 0 Å².